The zero-order valence-corrected chi connectivity index (χ0v) is 17.2. The Balaban J connectivity index is 1.86. The van der Waals surface area contributed by atoms with E-state index in [4.69, 9.17) is 4.74 Å². The monoisotopic (exact) mass is 377 g/mol. The summed E-state index contributed by atoms with van der Waals surface area (Å²) in [6.07, 6.45) is 23.9. The van der Waals surface area contributed by atoms with E-state index in [-0.39, 0.29) is 12.0 Å². The third-order valence-electron chi connectivity index (χ3n) is 4.89. The minimum atomic E-state index is -0.403. The van der Waals surface area contributed by atoms with E-state index in [2.05, 4.69) is 36.5 Å². The minimum Gasteiger partial charge on any atom is -0.392 e. The maximum atomic E-state index is 11.7. The van der Waals surface area contributed by atoms with E-state index in [1.54, 1.807) is 0 Å². The highest BCUT2D eigenvalue weighted by atomic mass is 16.6. The number of esters is 2. The summed E-state index contributed by atoms with van der Waals surface area (Å²) in [5.74, 6) is -0.778. The normalized spacial score (nSPS) is 17.1. The summed E-state index contributed by atoms with van der Waals surface area (Å²) in [5.41, 5.74) is 0. The highest BCUT2D eigenvalue weighted by molar-refractivity contribution is 5.88. The van der Waals surface area contributed by atoms with Crippen LogP contribution in [0.15, 0.2) is 24.3 Å². The second-order valence-corrected chi connectivity index (χ2v) is 7.42. The second-order valence-electron chi connectivity index (χ2n) is 7.42. The van der Waals surface area contributed by atoms with Gasteiger partial charge in [0.1, 0.15) is 6.04 Å². The fourth-order valence-corrected chi connectivity index (χ4v) is 3.20. The number of unbranched alkanes of at least 4 members (excludes halogenated alkanes) is 8. The van der Waals surface area contributed by atoms with E-state index in [0.29, 0.717) is 6.42 Å². The molecule has 0 saturated carbocycles. The van der Waals surface area contributed by atoms with Crippen molar-refractivity contribution < 1.29 is 14.3 Å². The van der Waals surface area contributed by atoms with Crippen molar-refractivity contribution >= 4 is 11.9 Å². The lowest BCUT2D eigenvalue weighted by Gasteiger charge is -2.08. The third-order valence-corrected chi connectivity index (χ3v) is 4.89. The van der Waals surface area contributed by atoms with Gasteiger partial charge in [-0.05, 0) is 57.9 Å². The Morgan fingerprint density at radius 3 is 2.26 bits per heavy atom. The number of hydrogen-bond donors (Lipinski definition) is 1. The van der Waals surface area contributed by atoms with Gasteiger partial charge in [0.05, 0.1) is 0 Å². The van der Waals surface area contributed by atoms with Gasteiger partial charge in [-0.1, -0.05) is 63.3 Å². The van der Waals surface area contributed by atoms with Crippen LogP contribution in [0.4, 0.5) is 0 Å². The topological polar surface area (TPSA) is 55.4 Å². The number of rotatable bonds is 15. The summed E-state index contributed by atoms with van der Waals surface area (Å²) in [7, 11) is 0. The molecule has 1 fully saturated rings. The summed E-state index contributed by atoms with van der Waals surface area (Å²) in [6, 6.07) is -0.279. The molecule has 0 aromatic rings. The van der Waals surface area contributed by atoms with Crippen molar-refractivity contribution in [2.75, 3.05) is 6.54 Å². The Kier molecular flexibility index (Phi) is 14.6. The van der Waals surface area contributed by atoms with Crippen LogP contribution in [0.1, 0.15) is 96.8 Å². The first-order valence-corrected chi connectivity index (χ1v) is 11.0. The lowest BCUT2D eigenvalue weighted by Crippen LogP contribution is -2.33. The average Bonchev–Trinajstić information content (AvgIpc) is 3.20. The zero-order valence-electron chi connectivity index (χ0n) is 17.2. The van der Waals surface area contributed by atoms with E-state index in [0.717, 1.165) is 51.5 Å². The SMILES string of the molecule is CCCCC/C=C\C/C=C\CCCCCCCC(=O)OC(=O)[C@@H]1CCCN1. The van der Waals surface area contributed by atoms with Crippen molar-refractivity contribution in [3.63, 3.8) is 0 Å². The fraction of sp³-hybridized carbons (Fsp3) is 0.739. The molecule has 0 aromatic carbocycles. The first kappa shape index (κ1) is 23.6. The van der Waals surface area contributed by atoms with Crippen LogP contribution in [0, 0.1) is 0 Å². The first-order chi connectivity index (χ1) is 13.2. The predicted octanol–water partition coefficient (Wildman–Crippen LogP) is 5.62. The van der Waals surface area contributed by atoms with E-state index in [1.165, 1.54) is 38.5 Å². The Hall–Kier alpha value is -1.42. The summed E-state index contributed by atoms with van der Waals surface area (Å²) >= 11 is 0. The molecule has 4 heteroatoms. The number of carbonyl (C=O) groups excluding carboxylic acids is 2. The van der Waals surface area contributed by atoms with Gasteiger partial charge in [0.15, 0.2) is 0 Å². The molecular weight excluding hydrogens is 338 g/mol. The molecule has 0 aromatic heterocycles. The van der Waals surface area contributed by atoms with Crippen molar-refractivity contribution in [1.82, 2.24) is 5.32 Å². The van der Waals surface area contributed by atoms with Crippen LogP contribution in [-0.2, 0) is 14.3 Å². The maximum absolute atomic E-state index is 11.7. The summed E-state index contributed by atoms with van der Waals surface area (Å²) in [5, 5.41) is 3.05. The van der Waals surface area contributed by atoms with Crippen LogP contribution in [0.25, 0.3) is 0 Å². The molecule has 1 aliphatic heterocycles. The van der Waals surface area contributed by atoms with Crippen molar-refractivity contribution in [3.05, 3.63) is 24.3 Å². The average molecular weight is 378 g/mol. The number of carbonyl (C=O) groups is 2. The minimum absolute atomic E-state index is 0.279. The molecule has 1 aliphatic rings. The first-order valence-electron chi connectivity index (χ1n) is 11.0. The molecule has 0 bridgehead atoms. The van der Waals surface area contributed by atoms with Crippen LogP contribution < -0.4 is 5.32 Å². The fourth-order valence-electron chi connectivity index (χ4n) is 3.20. The van der Waals surface area contributed by atoms with Crippen molar-refractivity contribution in [2.24, 2.45) is 0 Å². The maximum Gasteiger partial charge on any atom is 0.330 e. The predicted molar refractivity (Wildman–Crippen MR) is 111 cm³/mol. The van der Waals surface area contributed by atoms with Gasteiger partial charge in [-0.15, -0.1) is 0 Å². The van der Waals surface area contributed by atoms with E-state index < -0.39 is 5.97 Å². The van der Waals surface area contributed by atoms with Gasteiger partial charge in [-0.25, -0.2) is 4.79 Å². The van der Waals surface area contributed by atoms with E-state index in [1.807, 2.05) is 0 Å². The Labute approximate surface area is 165 Å². The molecule has 1 heterocycles. The highest BCUT2D eigenvalue weighted by Gasteiger charge is 2.25. The Morgan fingerprint density at radius 2 is 1.59 bits per heavy atom. The number of nitrogens with one attached hydrogen (secondary N) is 1. The smallest absolute Gasteiger partial charge is 0.330 e. The molecule has 0 amide bonds. The molecule has 154 valence electrons. The van der Waals surface area contributed by atoms with Gasteiger partial charge in [0.2, 0.25) is 0 Å². The molecule has 1 N–H and O–H groups in total. The largest absolute Gasteiger partial charge is 0.392 e. The number of ether oxygens (including phenoxy) is 1. The van der Waals surface area contributed by atoms with Gasteiger partial charge in [-0.3, -0.25) is 4.79 Å². The lowest BCUT2D eigenvalue weighted by molar-refractivity contribution is -0.161. The van der Waals surface area contributed by atoms with Gasteiger partial charge >= 0.3 is 11.9 Å². The Bertz CT molecular complexity index is 451. The van der Waals surface area contributed by atoms with Crippen molar-refractivity contribution in [1.29, 1.82) is 0 Å². The van der Waals surface area contributed by atoms with Gasteiger partial charge in [-0.2, -0.15) is 0 Å². The molecular formula is C23H39NO3. The number of allylic oxidation sites excluding steroid dienone is 4. The van der Waals surface area contributed by atoms with Crippen molar-refractivity contribution in [3.8, 4) is 0 Å². The van der Waals surface area contributed by atoms with Gasteiger partial charge in [0, 0.05) is 6.42 Å². The van der Waals surface area contributed by atoms with E-state index >= 15 is 0 Å². The Morgan fingerprint density at radius 1 is 0.926 bits per heavy atom. The lowest BCUT2D eigenvalue weighted by atomic mass is 10.1. The second kappa shape index (κ2) is 16.7. The number of hydrogen-bond acceptors (Lipinski definition) is 4. The molecule has 0 radical (unpaired) electrons. The summed E-state index contributed by atoms with van der Waals surface area (Å²) in [4.78, 5) is 23.4. The molecule has 1 atom stereocenters. The summed E-state index contributed by atoms with van der Waals surface area (Å²) < 4.78 is 4.90. The van der Waals surface area contributed by atoms with Crippen molar-refractivity contribution in [2.45, 2.75) is 103 Å². The van der Waals surface area contributed by atoms with Crippen LogP contribution in [0.2, 0.25) is 0 Å². The molecule has 4 nitrogen and oxygen atoms in total. The molecule has 0 aliphatic carbocycles. The quantitative estimate of drug-likeness (QED) is 0.174. The molecule has 0 spiro atoms. The summed E-state index contributed by atoms with van der Waals surface area (Å²) in [6.45, 7) is 3.07. The third kappa shape index (κ3) is 13.4. The molecule has 27 heavy (non-hydrogen) atoms. The molecule has 1 rings (SSSR count). The van der Waals surface area contributed by atoms with Crippen LogP contribution in [-0.4, -0.2) is 24.5 Å². The zero-order chi connectivity index (χ0) is 19.6. The molecule has 0 unspecified atom stereocenters. The van der Waals surface area contributed by atoms with E-state index in [9.17, 15) is 9.59 Å². The van der Waals surface area contributed by atoms with Gasteiger partial charge in [0.25, 0.3) is 0 Å². The van der Waals surface area contributed by atoms with Crippen LogP contribution >= 0.6 is 0 Å². The van der Waals surface area contributed by atoms with Crippen LogP contribution in [0.5, 0.6) is 0 Å². The van der Waals surface area contributed by atoms with Crippen LogP contribution in [0.3, 0.4) is 0 Å². The highest BCUT2D eigenvalue weighted by Crippen LogP contribution is 2.10. The van der Waals surface area contributed by atoms with Gasteiger partial charge < -0.3 is 10.1 Å². The molecule has 1 saturated heterocycles. The standard InChI is InChI=1S/C23H39NO3/c1-2-3-4-5-6-7-8-9-10-11-12-13-14-15-16-19-22(25)27-23(26)21-18-17-20-24-21/h6-7,9-10,21,24H,2-5,8,11-20H2,1H3/b7-6-,10-9-/t21-/m0/s1.